The molecule has 4 amide bonds. The summed E-state index contributed by atoms with van der Waals surface area (Å²) in [4.78, 5) is 124. The number of carbonyl (C=O) groups is 8. The average molecular weight is 1860 g/mol. The van der Waals surface area contributed by atoms with Crippen LogP contribution in [0.2, 0.25) is 0 Å². The highest BCUT2D eigenvalue weighted by Gasteiger charge is 2.53. The van der Waals surface area contributed by atoms with E-state index in [1.54, 1.807) is 93.8 Å². The third-order valence-electron chi connectivity index (χ3n) is 24.9. The Morgan fingerprint density at radius 2 is 1.39 bits per heavy atom. The zero-order valence-corrected chi connectivity index (χ0v) is 78.3. The van der Waals surface area contributed by atoms with E-state index >= 15 is 0 Å². The van der Waals surface area contributed by atoms with Crippen molar-refractivity contribution in [3.8, 4) is 28.4 Å². The van der Waals surface area contributed by atoms with Crippen molar-refractivity contribution in [2.24, 2.45) is 35.3 Å². The van der Waals surface area contributed by atoms with E-state index in [4.69, 9.17) is 73.4 Å². The van der Waals surface area contributed by atoms with E-state index in [0.717, 1.165) is 39.9 Å². The standard InChI is InChI=1S/C96H138N14O23/c1-61-18-11-10-12-19-62(2)80(122-7)57-72-26-23-66(6)96(121,133-72)90(117)94(119)108-34-15-13-22-78(108)95(120)132-81(58-79(112)63(3)51-65(5)88(116)89(124-9)87(115)64(4)50-61)73(97)52-67-24-28-77(82(53-67)123-8)110-59-76(105-107-110)68-20-17-21-69(54-68)93(118)101-33-39-128-43-47-129-44-40-126-37-30-84(114)100-32-38-127-42-46-131-49-48-130-45-41-125-36-29-83(113)99-31-14-16-35-109-92-85(91(98)102-60-103-92)86(106-109)75-56-70-55-71(111)25-27-74(70)104-75/h10-12,17-21,25,27,51,54-56,59-61,63-64,66-67,72-73,77-78,80-82,88-89,104,111,116,121H,13-16,22-24,26,28-50,52-53,57-58,97H2,1-9H3,(H,99,113)(H,100,114)(H,101,118)(H2,98,102,103)/b12-10?,18-11+,62-19?,65-51+/t61-,63-,64-,66-,67+,72+,73-,77+,78+,80+,81+,82-,88-,89+,96-/m1/s1. The predicted molar refractivity (Wildman–Crippen MR) is 494 cm³/mol. The molecule has 730 valence electrons. The van der Waals surface area contributed by atoms with Crippen LogP contribution < -0.4 is 27.4 Å². The van der Waals surface area contributed by atoms with Crippen LogP contribution in [0.3, 0.4) is 0 Å². The van der Waals surface area contributed by atoms with Crippen LogP contribution in [0.25, 0.3) is 44.6 Å². The maximum absolute atomic E-state index is 14.8. The van der Waals surface area contributed by atoms with Crippen molar-refractivity contribution >= 4 is 74.7 Å². The van der Waals surface area contributed by atoms with Crippen LogP contribution >= 0.6 is 0 Å². The summed E-state index contributed by atoms with van der Waals surface area (Å²) in [5.41, 5.74) is 19.0. The number of aromatic nitrogens is 8. The fraction of sp³-hybridized carbons (Fsp3) is 0.615. The lowest BCUT2D eigenvalue weighted by molar-refractivity contribution is -0.265. The number of H-pyrrole nitrogens is 1. The number of aromatic amines is 1. The number of nitrogens with one attached hydrogen (secondary N) is 4. The molecule has 3 aliphatic heterocycles. The lowest BCUT2D eigenvalue weighted by Crippen LogP contribution is -2.61. The zero-order chi connectivity index (χ0) is 95.4. The Balaban J connectivity index is 0.574. The number of carbonyl (C=O) groups excluding carboxylic acids is 8. The van der Waals surface area contributed by atoms with E-state index in [-0.39, 0.29) is 144 Å². The minimum absolute atomic E-state index is 0.0106. The molecule has 0 unspecified atom stereocenters. The van der Waals surface area contributed by atoms with Gasteiger partial charge in [-0.05, 0) is 150 Å². The van der Waals surface area contributed by atoms with E-state index in [9.17, 15) is 53.7 Å². The molecule has 133 heavy (non-hydrogen) atoms. The average Bonchev–Trinajstić information content (AvgIpc) is 1.60. The van der Waals surface area contributed by atoms with E-state index in [1.165, 1.54) is 13.4 Å². The number of amides is 4. The molecule has 15 atom stereocenters. The van der Waals surface area contributed by atoms with Gasteiger partial charge in [-0.1, -0.05) is 81.5 Å². The molecular weight excluding hydrogens is 1720 g/mol. The van der Waals surface area contributed by atoms with Crippen molar-refractivity contribution in [2.75, 3.05) is 146 Å². The first-order valence-electron chi connectivity index (χ1n) is 46.6. The number of phenols is 1. The predicted octanol–water partition coefficient (Wildman–Crippen LogP) is 7.93. The van der Waals surface area contributed by atoms with Crippen LogP contribution in [0, 0.1) is 29.6 Å². The third kappa shape index (κ3) is 31.3. The second kappa shape index (κ2) is 53.9. The highest BCUT2D eigenvalue weighted by molar-refractivity contribution is 6.39. The van der Waals surface area contributed by atoms with Crippen LogP contribution in [0.4, 0.5) is 5.82 Å². The number of nitrogens with two attached hydrogens (primary N) is 2. The van der Waals surface area contributed by atoms with Gasteiger partial charge in [0.15, 0.2) is 11.4 Å². The summed E-state index contributed by atoms with van der Waals surface area (Å²) >= 11 is 0. The van der Waals surface area contributed by atoms with Gasteiger partial charge in [0.25, 0.3) is 17.6 Å². The Morgan fingerprint density at radius 1 is 0.714 bits per heavy atom. The SMILES string of the molecule is CO[C@H]1C[C@@H]2CC[C@@H](C)[C@@](O)(O2)C(=O)C(=O)N2CCCC[C@H]2C(=O)O[C@H]([C@H](N)C[C@@H]2CC[C@H](n3cc(-c4cccc(C(=O)NCCOCCOCCOCCC(=O)NCCOCCOCCOCCOCCC(=O)NCCCCn5nc(-c6cc7cc(O)ccc7[nH]6)c6c(N)ncnc65)c4)nn3)[C@H](OC)C2)CC(=O)[C@H](C)/C=C(\C)[C@@H](O)[C@@H](OC)C(=O)[C@H](C)C[C@H](C)/C=C/C=CC=C1C. The number of unbranched alkanes of at least 4 members (excludes halogenated alkanes) is 1. The number of methoxy groups -OCH3 is 3. The molecule has 3 fully saturated rings. The van der Waals surface area contributed by atoms with Crippen LogP contribution in [-0.4, -0.2) is 301 Å². The fourth-order valence-corrected chi connectivity index (χ4v) is 17.2. The Bertz CT molecular complexity index is 4880. The number of allylic oxidation sites excluding steroid dienone is 6. The molecule has 10 rings (SSSR count). The summed E-state index contributed by atoms with van der Waals surface area (Å²) in [5, 5.41) is 57.7. The van der Waals surface area contributed by atoms with Gasteiger partial charge in [0, 0.05) is 126 Å². The largest absolute Gasteiger partial charge is 0.508 e. The highest BCUT2D eigenvalue weighted by Crippen LogP contribution is 2.40. The number of phenolic OH excluding ortho intramolecular Hbond substituents is 1. The molecule has 4 aliphatic rings. The number of ketones is 3. The number of cyclic esters (lactones) is 1. The molecule has 2 aromatic carbocycles. The molecule has 4 aromatic heterocycles. The lowest BCUT2D eigenvalue weighted by atomic mass is 9.79. The Morgan fingerprint density at radius 3 is 2.08 bits per heavy atom. The first-order valence-corrected chi connectivity index (χ1v) is 46.6. The summed E-state index contributed by atoms with van der Waals surface area (Å²) in [7, 11) is 4.53. The van der Waals surface area contributed by atoms with Crippen molar-refractivity contribution in [2.45, 2.75) is 211 Å². The number of aryl methyl sites for hydroxylation is 1. The van der Waals surface area contributed by atoms with Crippen LogP contribution in [0.5, 0.6) is 5.75 Å². The summed E-state index contributed by atoms with van der Waals surface area (Å²) in [5.74, 6) is -8.72. The number of aromatic hydroxyl groups is 1. The molecule has 2 saturated heterocycles. The molecule has 37 nitrogen and oxygen atoms in total. The van der Waals surface area contributed by atoms with Crippen molar-refractivity contribution < 1.29 is 111 Å². The minimum Gasteiger partial charge on any atom is -0.508 e. The van der Waals surface area contributed by atoms with Gasteiger partial charge in [0.05, 0.1) is 134 Å². The second-order valence-corrected chi connectivity index (χ2v) is 34.9. The number of aliphatic hydroxyl groups excluding tert-OH is 1. The second-order valence-electron chi connectivity index (χ2n) is 34.9. The van der Waals surface area contributed by atoms with Crippen molar-refractivity contribution in [3.63, 3.8) is 0 Å². The molecule has 11 N–H and O–H groups in total. The number of piperidine rings is 1. The number of esters is 1. The van der Waals surface area contributed by atoms with E-state index in [0.29, 0.717) is 175 Å². The molecule has 1 aliphatic carbocycles. The zero-order valence-electron chi connectivity index (χ0n) is 78.3. The number of nitrogen functional groups attached to an aromatic ring is 1. The fourth-order valence-electron chi connectivity index (χ4n) is 17.2. The van der Waals surface area contributed by atoms with Gasteiger partial charge in [-0.2, -0.15) is 5.10 Å². The number of rotatable bonds is 42. The van der Waals surface area contributed by atoms with Crippen molar-refractivity contribution in [3.05, 3.63) is 114 Å². The summed E-state index contributed by atoms with van der Waals surface area (Å²) in [6, 6.07) is 11.6. The van der Waals surface area contributed by atoms with Gasteiger partial charge >= 0.3 is 5.97 Å². The maximum Gasteiger partial charge on any atom is 0.329 e. The van der Waals surface area contributed by atoms with Gasteiger partial charge in [-0.25, -0.2) is 24.1 Å². The molecule has 7 heterocycles. The summed E-state index contributed by atoms with van der Waals surface area (Å²) in [6.45, 7) is 16.6. The van der Waals surface area contributed by atoms with E-state index < -0.39 is 83.8 Å². The van der Waals surface area contributed by atoms with Crippen LogP contribution in [-0.2, 0) is 96.9 Å². The van der Waals surface area contributed by atoms with Crippen LogP contribution in [0.15, 0.2) is 109 Å². The topological polar surface area (TPSA) is 489 Å². The van der Waals surface area contributed by atoms with E-state index in [2.05, 4.69) is 41.2 Å². The molecular formula is C96H138N14O23. The van der Waals surface area contributed by atoms with Gasteiger partial charge in [-0.15, -0.1) is 5.10 Å². The molecule has 0 spiro atoms. The number of anilines is 1. The van der Waals surface area contributed by atoms with Crippen LogP contribution in [0.1, 0.15) is 161 Å². The normalized spacial score (nSPS) is 25.1. The number of hydrogen-bond donors (Lipinski definition) is 9. The molecule has 0 radical (unpaired) electrons. The number of aliphatic hydroxyl groups is 2. The number of fused-ring (bicyclic) bond motifs is 5. The monoisotopic (exact) mass is 1860 g/mol. The molecule has 6 aromatic rings. The Hall–Kier alpha value is -9.97. The summed E-state index contributed by atoms with van der Waals surface area (Å²) < 4.78 is 72.9. The van der Waals surface area contributed by atoms with Gasteiger partial charge < -0.3 is 109 Å². The van der Waals surface area contributed by atoms with Gasteiger partial charge in [0.2, 0.25) is 17.6 Å². The smallest absolute Gasteiger partial charge is 0.329 e. The molecule has 37 heteroatoms. The molecule has 2 bridgehead atoms. The number of Topliss-reactive ketones (excluding diaryl/α,β-unsaturated/α-hetero) is 3. The van der Waals surface area contributed by atoms with E-state index in [1.807, 2.05) is 62.6 Å². The quantitative estimate of drug-likeness (QED) is 0.00760. The number of hydrogen-bond acceptors (Lipinski definition) is 30. The first kappa shape index (κ1) is 105. The van der Waals surface area contributed by atoms with Gasteiger partial charge in [0.1, 0.15) is 59.4 Å². The molecule has 1 saturated carbocycles. The Labute approximate surface area is 777 Å². The van der Waals surface area contributed by atoms with Crippen molar-refractivity contribution in [1.82, 2.24) is 60.6 Å². The maximum atomic E-state index is 14.8. The third-order valence-corrected chi connectivity index (χ3v) is 24.9. The van der Waals surface area contributed by atoms with Gasteiger partial charge in [-0.3, -0.25) is 33.6 Å². The number of ether oxygens (including phenoxy) is 12. The first-order chi connectivity index (χ1) is 64.2. The van der Waals surface area contributed by atoms with Crippen molar-refractivity contribution in [1.29, 1.82) is 0 Å². The Kier molecular flexibility index (Phi) is 42.6. The highest BCUT2D eigenvalue weighted by atomic mass is 16.6. The lowest BCUT2D eigenvalue weighted by Gasteiger charge is -2.42. The number of benzene rings is 2. The minimum atomic E-state index is -2.51. The number of nitrogens with zero attached hydrogens (tertiary/aromatic N) is 8. The summed E-state index contributed by atoms with van der Waals surface area (Å²) in [6.07, 6.45) is 15.1.